The van der Waals surface area contributed by atoms with Crippen molar-refractivity contribution >= 4 is 10.0 Å². The van der Waals surface area contributed by atoms with Gasteiger partial charge in [-0.15, -0.1) is 0 Å². The number of rotatable bonds is 10. The molecule has 2 aromatic carbocycles. The molecule has 162 valence electrons. The predicted molar refractivity (Wildman–Crippen MR) is 115 cm³/mol. The van der Waals surface area contributed by atoms with Gasteiger partial charge < -0.3 is 19.9 Å². The molecule has 0 spiro atoms. The van der Waals surface area contributed by atoms with Crippen LogP contribution in [-0.2, 0) is 10.0 Å². The molecular formula is C21H32N2O5S. The van der Waals surface area contributed by atoms with E-state index in [4.69, 9.17) is 9.47 Å². The van der Waals surface area contributed by atoms with Crippen molar-refractivity contribution < 1.29 is 23.0 Å². The summed E-state index contributed by atoms with van der Waals surface area (Å²) in [4.78, 5) is 0.168. The van der Waals surface area contributed by atoms with Crippen LogP contribution in [0.1, 0.15) is 31.1 Å². The number of aliphatic hydroxyl groups excluding tert-OH is 1. The number of sulfonamides is 1. The van der Waals surface area contributed by atoms with Gasteiger partial charge in [-0.3, -0.25) is 0 Å². The first-order valence-electron chi connectivity index (χ1n) is 9.57. The number of para-hydroxylation sites is 2. The highest BCUT2D eigenvalue weighted by Gasteiger charge is 2.17. The lowest BCUT2D eigenvalue weighted by Crippen LogP contribution is -2.26. The second-order valence-corrected chi connectivity index (χ2v) is 7.81. The lowest BCUT2D eigenvalue weighted by Gasteiger charge is -2.15. The minimum atomic E-state index is -3.56. The number of aliphatic hydroxyl groups is 1. The Morgan fingerprint density at radius 1 is 1.10 bits per heavy atom. The van der Waals surface area contributed by atoms with Gasteiger partial charge in [-0.25, -0.2) is 13.1 Å². The average molecular weight is 425 g/mol. The van der Waals surface area contributed by atoms with Crippen molar-refractivity contribution in [1.82, 2.24) is 10.0 Å². The van der Waals surface area contributed by atoms with Gasteiger partial charge in [0.15, 0.2) is 11.5 Å². The molecule has 0 fully saturated rings. The molecular weight excluding hydrogens is 392 g/mol. The number of hydrogen-bond acceptors (Lipinski definition) is 6. The topological polar surface area (TPSA) is 96.9 Å². The van der Waals surface area contributed by atoms with Crippen LogP contribution in [-0.4, -0.2) is 47.4 Å². The molecule has 0 saturated carbocycles. The zero-order valence-corrected chi connectivity index (χ0v) is 18.5. The summed E-state index contributed by atoms with van der Waals surface area (Å²) in [5.41, 5.74) is 1.16. The maximum absolute atomic E-state index is 12.0. The Morgan fingerprint density at radius 3 is 2.38 bits per heavy atom. The Hall–Kier alpha value is -2.13. The highest BCUT2D eigenvalue weighted by molar-refractivity contribution is 7.89. The molecule has 2 aromatic rings. The fraction of sp³-hybridized carbons (Fsp3) is 0.429. The van der Waals surface area contributed by atoms with Crippen LogP contribution in [0.2, 0.25) is 0 Å². The van der Waals surface area contributed by atoms with E-state index in [1.165, 1.54) is 13.1 Å². The monoisotopic (exact) mass is 424 g/mol. The van der Waals surface area contributed by atoms with Crippen LogP contribution in [0, 0.1) is 6.92 Å². The molecule has 3 N–H and O–H groups in total. The van der Waals surface area contributed by atoms with Crippen molar-refractivity contribution in [1.29, 1.82) is 0 Å². The third-order valence-electron chi connectivity index (χ3n) is 4.10. The minimum absolute atomic E-state index is 0.168. The normalized spacial score (nSPS) is 11.9. The van der Waals surface area contributed by atoms with E-state index in [0.29, 0.717) is 35.8 Å². The van der Waals surface area contributed by atoms with Crippen molar-refractivity contribution in [2.24, 2.45) is 0 Å². The van der Waals surface area contributed by atoms with E-state index in [2.05, 4.69) is 10.0 Å². The maximum atomic E-state index is 12.0. The Morgan fingerprint density at radius 2 is 1.76 bits per heavy atom. The Labute approximate surface area is 174 Å². The van der Waals surface area contributed by atoms with Gasteiger partial charge in [-0.05, 0) is 43.3 Å². The summed E-state index contributed by atoms with van der Waals surface area (Å²) in [7, 11) is -0.618. The van der Waals surface area contributed by atoms with Crippen molar-refractivity contribution in [2.75, 3.05) is 33.9 Å². The molecule has 0 bridgehead atoms. The van der Waals surface area contributed by atoms with Crippen LogP contribution in [0.4, 0.5) is 0 Å². The van der Waals surface area contributed by atoms with Gasteiger partial charge in [0.05, 0.1) is 18.1 Å². The number of nitrogens with one attached hydrogen (secondary N) is 2. The van der Waals surface area contributed by atoms with Crippen LogP contribution in [0.15, 0.2) is 47.4 Å². The van der Waals surface area contributed by atoms with Crippen LogP contribution < -0.4 is 19.5 Å². The Balaban J connectivity index is 0.00000204. The van der Waals surface area contributed by atoms with Gasteiger partial charge in [-0.2, -0.15) is 0 Å². The van der Waals surface area contributed by atoms with Gasteiger partial charge in [-0.1, -0.05) is 38.1 Å². The summed E-state index contributed by atoms with van der Waals surface area (Å²) in [5, 5.41) is 13.4. The van der Waals surface area contributed by atoms with Crippen molar-refractivity contribution in [3.05, 3.63) is 53.6 Å². The van der Waals surface area contributed by atoms with E-state index in [0.717, 1.165) is 0 Å². The van der Waals surface area contributed by atoms with Gasteiger partial charge >= 0.3 is 0 Å². The van der Waals surface area contributed by atoms with E-state index in [1.807, 2.05) is 38.1 Å². The molecule has 2 rings (SSSR count). The van der Waals surface area contributed by atoms with E-state index < -0.39 is 16.1 Å². The quantitative estimate of drug-likeness (QED) is 0.508. The zero-order chi connectivity index (χ0) is 21.9. The van der Waals surface area contributed by atoms with Gasteiger partial charge in [0.25, 0.3) is 0 Å². The zero-order valence-electron chi connectivity index (χ0n) is 17.7. The molecule has 0 aliphatic carbocycles. The van der Waals surface area contributed by atoms with Gasteiger partial charge in [0.2, 0.25) is 10.0 Å². The number of methoxy groups -OCH3 is 1. The maximum Gasteiger partial charge on any atom is 0.240 e. The van der Waals surface area contributed by atoms with Crippen LogP contribution in [0.25, 0.3) is 0 Å². The molecule has 0 aliphatic rings. The highest BCUT2D eigenvalue weighted by Crippen LogP contribution is 2.25. The molecule has 0 heterocycles. The molecule has 1 atom stereocenters. The number of aryl methyl sites for hydroxylation is 1. The molecule has 0 saturated heterocycles. The number of ether oxygens (including phenoxy) is 2. The van der Waals surface area contributed by atoms with Crippen molar-refractivity contribution in [3.8, 4) is 11.5 Å². The molecule has 29 heavy (non-hydrogen) atoms. The second kappa shape index (κ2) is 12.4. The molecule has 0 amide bonds. The molecule has 0 radical (unpaired) electrons. The average Bonchev–Trinajstić information content (AvgIpc) is 2.75. The second-order valence-electron chi connectivity index (χ2n) is 5.95. The first-order chi connectivity index (χ1) is 13.9. The molecule has 0 aliphatic heterocycles. The molecule has 7 nitrogen and oxygen atoms in total. The summed E-state index contributed by atoms with van der Waals surface area (Å²) in [6.07, 6.45) is -0.831. The van der Waals surface area contributed by atoms with E-state index >= 15 is 0 Å². The standard InChI is InChI=1S/C19H26N2O5S.C2H6/c1-14-8-9-15(12-19(14)27(23,24)20-2)16(22)13-21-10-11-26-18-7-5-4-6-17(18)25-3;1-2/h4-9,12,16,20-22H,10-11,13H2,1-3H3;1-2H3. The molecule has 1 unspecified atom stereocenters. The van der Waals surface area contributed by atoms with Crippen molar-refractivity contribution in [2.45, 2.75) is 31.8 Å². The van der Waals surface area contributed by atoms with Crippen LogP contribution >= 0.6 is 0 Å². The van der Waals surface area contributed by atoms with Gasteiger partial charge in [0, 0.05) is 13.1 Å². The summed E-state index contributed by atoms with van der Waals surface area (Å²) in [6.45, 7) is 6.91. The fourth-order valence-electron chi connectivity index (χ4n) is 2.55. The number of hydrogen-bond donors (Lipinski definition) is 3. The Bertz CT molecular complexity index is 856. The molecule has 8 heteroatoms. The first-order valence-corrected chi connectivity index (χ1v) is 11.1. The Kier molecular flexibility index (Phi) is 10.7. The third kappa shape index (κ3) is 7.32. The van der Waals surface area contributed by atoms with E-state index in [9.17, 15) is 13.5 Å². The van der Waals surface area contributed by atoms with Gasteiger partial charge in [0.1, 0.15) is 6.61 Å². The smallest absolute Gasteiger partial charge is 0.240 e. The summed E-state index contributed by atoms with van der Waals surface area (Å²) < 4.78 is 37.3. The summed E-state index contributed by atoms with van der Waals surface area (Å²) in [5.74, 6) is 1.32. The third-order valence-corrected chi connectivity index (χ3v) is 5.65. The molecule has 0 aromatic heterocycles. The predicted octanol–water partition coefficient (Wildman–Crippen LogP) is 2.64. The van der Waals surface area contributed by atoms with Crippen LogP contribution in [0.5, 0.6) is 11.5 Å². The summed E-state index contributed by atoms with van der Waals surface area (Å²) >= 11 is 0. The summed E-state index contributed by atoms with van der Waals surface area (Å²) in [6, 6.07) is 12.3. The first kappa shape index (κ1) is 24.9. The lowest BCUT2D eigenvalue weighted by molar-refractivity contribution is 0.171. The number of benzene rings is 2. The van der Waals surface area contributed by atoms with Crippen molar-refractivity contribution in [3.63, 3.8) is 0 Å². The highest BCUT2D eigenvalue weighted by atomic mass is 32.2. The SMILES string of the molecule is CC.CNS(=O)(=O)c1cc(C(O)CNCCOc2ccccc2OC)ccc1C. The van der Waals surface area contributed by atoms with Crippen LogP contribution in [0.3, 0.4) is 0 Å². The van der Waals surface area contributed by atoms with E-state index in [1.54, 1.807) is 26.2 Å². The minimum Gasteiger partial charge on any atom is -0.493 e. The largest absolute Gasteiger partial charge is 0.493 e. The lowest BCUT2D eigenvalue weighted by atomic mass is 10.1. The fourth-order valence-corrected chi connectivity index (χ4v) is 3.55. The van der Waals surface area contributed by atoms with E-state index in [-0.39, 0.29) is 11.4 Å².